The van der Waals surface area contributed by atoms with Crippen molar-refractivity contribution in [2.45, 2.75) is 59.0 Å². The molecule has 23 heavy (non-hydrogen) atoms. The van der Waals surface area contributed by atoms with Gasteiger partial charge in [-0.05, 0) is 26.7 Å². The van der Waals surface area contributed by atoms with E-state index in [1.807, 2.05) is 34.6 Å². The second-order valence-corrected chi connectivity index (χ2v) is 7.54. The fourth-order valence-electron chi connectivity index (χ4n) is 2.24. The monoisotopic (exact) mass is 344 g/mol. The number of carbonyl (C=O) groups is 2. The summed E-state index contributed by atoms with van der Waals surface area (Å²) < 4.78 is 0. The fraction of sp³-hybridized carbons (Fsp3) is 0.812. The number of halogens is 1. The van der Waals surface area contributed by atoms with Gasteiger partial charge in [-0.3, -0.25) is 9.59 Å². The lowest BCUT2D eigenvalue weighted by molar-refractivity contribution is -0.130. The Morgan fingerprint density at radius 3 is 2.39 bits per heavy atom. The number of nitrogens with one attached hydrogen (secondary N) is 2. The van der Waals surface area contributed by atoms with Crippen LogP contribution in [-0.2, 0) is 9.59 Å². The van der Waals surface area contributed by atoms with Crippen molar-refractivity contribution in [1.29, 1.82) is 5.26 Å². The third kappa shape index (κ3) is 6.76. The molecule has 1 atom stereocenters. The molecule has 0 aromatic carbocycles. The SMILES string of the molecule is CC(C)(CNC(=O)C(C)(C)C)NCC(=O)N1CCC[C@H]1C#N.Cl. The van der Waals surface area contributed by atoms with Crippen molar-refractivity contribution < 1.29 is 9.59 Å². The number of amides is 2. The molecule has 1 saturated heterocycles. The summed E-state index contributed by atoms with van der Waals surface area (Å²) in [5, 5.41) is 15.1. The van der Waals surface area contributed by atoms with Crippen LogP contribution in [0.15, 0.2) is 0 Å². The Labute approximate surface area is 145 Å². The minimum atomic E-state index is -0.429. The van der Waals surface area contributed by atoms with Crippen LogP contribution in [0.3, 0.4) is 0 Å². The predicted molar refractivity (Wildman–Crippen MR) is 92.1 cm³/mol. The van der Waals surface area contributed by atoms with Crippen LogP contribution in [0.25, 0.3) is 0 Å². The van der Waals surface area contributed by atoms with Crippen molar-refractivity contribution in [3.8, 4) is 6.07 Å². The van der Waals surface area contributed by atoms with E-state index in [2.05, 4.69) is 16.7 Å². The Morgan fingerprint density at radius 1 is 1.26 bits per heavy atom. The summed E-state index contributed by atoms with van der Waals surface area (Å²) in [6.07, 6.45) is 1.64. The Kier molecular flexibility index (Phi) is 8.02. The highest BCUT2D eigenvalue weighted by molar-refractivity contribution is 5.85. The van der Waals surface area contributed by atoms with E-state index in [-0.39, 0.29) is 36.8 Å². The first kappa shape index (κ1) is 21.7. The summed E-state index contributed by atoms with van der Waals surface area (Å²) >= 11 is 0. The molecule has 1 fully saturated rings. The van der Waals surface area contributed by atoms with Gasteiger partial charge in [0.25, 0.3) is 0 Å². The number of nitrogens with zero attached hydrogens (tertiary/aromatic N) is 2. The van der Waals surface area contributed by atoms with Gasteiger partial charge < -0.3 is 15.5 Å². The summed E-state index contributed by atoms with van der Waals surface area (Å²) in [4.78, 5) is 25.7. The van der Waals surface area contributed by atoms with E-state index >= 15 is 0 Å². The highest BCUT2D eigenvalue weighted by atomic mass is 35.5. The second kappa shape index (κ2) is 8.51. The first-order chi connectivity index (χ1) is 10.1. The van der Waals surface area contributed by atoms with Crippen LogP contribution in [-0.4, -0.2) is 47.9 Å². The van der Waals surface area contributed by atoms with Crippen molar-refractivity contribution in [1.82, 2.24) is 15.5 Å². The van der Waals surface area contributed by atoms with Crippen LogP contribution >= 0.6 is 12.4 Å². The molecule has 132 valence electrons. The van der Waals surface area contributed by atoms with Crippen molar-refractivity contribution in [2.75, 3.05) is 19.6 Å². The molecule has 0 bridgehead atoms. The van der Waals surface area contributed by atoms with Crippen LogP contribution in [0.1, 0.15) is 47.5 Å². The number of hydrogen-bond acceptors (Lipinski definition) is 4. The first-order valence-electron chi connectivity index (χ1n) is 7.79. The Balaban J connectivity index is 0.00000484. The second-order valence-electron chi connectivity index (χ2n) is 7.54. The molecule has 2 N–H and O–H groups in total. The van der Waals surface area contributed by atoms with Crippen molar-refractivity contribution >= 4 is 24.2 Å². The highest BCUT2D eigenvalue weighted by Gasteiger charge is 2.30. The first-order valence-corrected chi connectivity index (χ1v) is 7.79. The molecule has 1 heterocycles. The molecule has 0 aromatic rings. The number of likely N-dealkylation sites (tertiary alicyclic amines) is 1. The van der Waals surface area contributed by atoms with E-state index in [0.29, 0.717) is 13.1 Å². The maximum Gasteiger partial charge on any atom is 0.237 e. The summed E-state index contributed by atoms with van der Waals surface area (Å²) in [6.45, 7) is 10.7. The predicted octanol–water partition coefficient (Wildman–Crippen LogP) is 1.45. The van der Waals surface area contributed by atoms with Gasteiger partial charge in [0.1, 0.15) is 6.04 Å². The smallest absolute Gasteiger partial charge is 0.237 e. The fourth-order valence-corrected chi connectivity index (χ4v) is 2.24. The minimum absolute atomic E-state index is 0. The van der Waals surface area contributed by atoms with Gasteiger partial charge in [0.15, 0.2) is 0 Å². The van der Waals surface area contributed by atoms with Crippen molar-refractivity contribution in [3.63, 3.8) is 0 Å². The van der Waals surface area contributed by atoms with Crippen LogP contribution in [0.5, 0.6) is 0 Å². The number of hydrogen-bond donors (Lipinski definition) is 2. The summed E-state index contributed by atoms with van der Waals surface area (Å²) in [6, 6.07) is 1.88. The molecule has 7 heteroatoms. The largest absolute Gasteiger partial charge is 0.354 e. The zero-order chi connectivity index (χ0) is 17.0. The zero-order valence-corrected chi connectivity index (χ0v) is 15.5. The van der Waals surface area contributed by atoms with Crippen molar-refractivity contribution in [3.05, 3.63) is 0 Å². The maximum absolute atomic E-state index is 12.2. The topological polar surface area (TPSA) is 85.2 Å². The van der Waals surface area contributed by atoms with Crippen LogP contribution < -0.4 is 10.6 Å². The third-order valence-electron chi connectivity index (χ3n) is 3.81. The van der Waals surface area contributed by atoms with Gasteiger partial charge in [-0.15, -0.1) is 12.4 Å². The number of rotatable bonds is 5. The van der Waals surface area contributed by atoms with E-state index in [1.54, 1.807) is 4.90 Å². The molecule has 0 radical (unpaired) electrons. The van der Waals surface area contributed by atoms with Gasteiger partial charge in [-0.2, -0.15) is 5.26 Å². The van der Waals surface area contributed by atoms with E-state index in [4.69, 9.17) is 5.26 Å². The van der Waals surface area contributed by atoms with Gasteiger partial charge in [0.05, 0.1) is 12.6 Å². The Hall–Kier alpha value is -1.32. The number of carbonyl (C=O) groups excluding carboxylic acids is 2. The van der Waals surface area contributed by atoms with Crippen LogP contribution in [0.2, 0.25) is 0 Å². The lowest BCUT2D eigenvalue weighted by Crippen LogP contribution is -2.53. The Bertz CT molecular complexity index is 466. The van der Waals surface area contributed by atoms with Crippen molar-refractivity contribution in [2.24, 2.45) is 5.41 Å². The average molecular weight is 345 g/mol. The summed E-state index contributed by atoms with van der Waals surface area (Å²) in [5.74, 6) is -0.0722. The molecule has 0 aliphatic carbocycles. The standard InChI is InChI=1S/C16H28N4O2.ClH/c1-15(2,3)14(22)18-11-16(4,5)19-10-13(21)20-8-6-7-12(20)9-17;/h12,19H,6-8,10-11H2,1-5H3,(H,18,22);1H/t12-;/m0./s1. The van der Waals surface area contributed by atoms with Gasteiger partial charge in [-0.25, -0.2) is 0 Å². The lowest BCUT2D eigenvalue weighted by atomic mass is 9.95. The molecule has 0 saturated carbocycles. The summed E-state index contributed by atoms with van der Waals surface area (Å²) in [5.41, 5.74) is -0.820. The molecule has 0 aromatic heterocycles. The lowest BCUT2D eigenvalue weighted by Gasteiger charge is -2.29. The van der Waals surface area contributed by atoms with Gasteiger partial charge >= 0.3 is 0 Å². The minimum Gasteiger partial charge on any atom is -0.354 e. The average Bonchev–Trinajstić information content (AvgIpc) is 2.89. The van der Waals surface area contributed by atoms with E-state index in [0.717, 1.165) is 12.8 Å². The molecule has 1 rings (SSSR count). The molecule has 0 unspecified atom stereocenters. The maximum atomic E-state index is 12.2. The molecule has 0 spiro atoms. The number of nitriles is 1. The van der Waals surface area contributed by atoms with Crippen LogP contribution in [0, 0.1) is 16.7 Å². The highest BCUT2D eigenvalue weighted by Crippen LogP contribution is 2.16. The molecular formula is C16H29ClN4O2. The van der Waals surface area contributed by atoms with E-state index in [1.165, 1.54) is 0 Å². The van der Waals surface area contributed by atoms with E-state index in [9.17, 15) is 9.59 Å². The van der Waals surface area contributed by atoms with Gasteiger partial charge in [0, 0.05) is 24.0 Å². The molecule has 1 aliphatic rings. The molecular weight excluding hydrogens is 316 g/mol. The summed E-state index contributed by atoms with van der Waals surface area (Å²) in [7, 11) is 0. The molecule has 2 amide bonds. The van der Waals surface area contributed by atoms with Gasteiger partial charge in [0.2, 0.25) is 11.8 Å². The molecule has 1 aliphatic heterocycles. The molecule has 6 nitrogen and oxygen atoms in total. The van der Waals surface area contributed by atoms with Gasteiger partial charge in [-0.1, -0.05) is 20.8 Å². The third-order valence-corrected chi connectivity index (χ3v) is 3.81. The van der Waals surface area contributed by atoms with Crippen LogP contribution in [0.4, 0.5) is 0 Å². The van der Waals surface area contributed by atoms with E-state index < -0.39 is 11.0 Å². The quantitative estimate of drug-likeness (QED) is 0.790. The normalized spacial score (nSPS) is 18.1. The Morgan fingerprint density at radius 2 is 1.87 bits per heavy atom. The zero-order valence-electron chi connectivity index (χ0n) is 14.7.